The van der Waals surface area contributed by atoms with Crippen molar-refractivity contribution in [3.8, 4) is 0 Å². The van der Waals surface area contributed by atoms with Crippen molar-refractivity contribution in [2.45, 2.75) is 33.1 Å². The number of nitrogens with one attached hydrogen (secondary N) is 2. The van der Waals surface area contributed by atoms with Crippen molar-refractivity contribution < 1.29 is 13.2 Å². The van der Waals surface area contributed by atoms with Gasteiger partial charge < -0.3 is 9.88 Å². The summed E-state index contributed by atoms with van der Waals surface area (Å²) in [6, 6.07) is 8.73. The van der Waals surface area contributed by atoms with E-state index in [0.29, 0.717) is 6.54 Å². The number of para-hydroxylation sites is 2. The Kier molecular flexibility index (Phi) is 4.01. The van der Waals surface area contributed by atoms with Crippen LogP contribution in [0.2, 0.25) is 0 Å². The van der Waals surface area contributed by atoms with Crippen LogP contribution in [0.5, 0.6) is 0 Å². The topological polar surface area (TPSA) is 71.4 Å². The molecule has 1 aromatic carbocycles. The second-order valence-electron chi connectivity index (χ2n) is 6.22. The van der Waals surface area contributed by atoms with Crippen LogP contribution in [0.15, 0.2) is 30.3 Å². The molecule has 0 amide bonds. The molecule has 2 N–H and O–H groups in total. The summed E-state index contributed by atoms with van der Waals surface area (Å²) in [5.41, 5.74) is 1.45. The molecule has 3 aromatic heterocycles. The van der Waals surface area contributed by atoms with E-state index in [0.717, 1.165) is 22.9 Å². The van der Waals surface area contributed by atoms with Crippen molar-refractivity contribution in [3.63, 3.8) is 0 Å². The number of imidazole rings is 1. The van der Waals surface area contributed by atoms with E-state index in [2.05, 4.69) is 25.5 Å². The van der Waals surface area contributed by atoms with Gasteiger partial charge in [0.05, 0.1) is 28.5 Å². The number of rotatable bonds is 4. The van der Waals surface area contributed by atoms with E-state index < -0.39 is 11.7 Å². The van der Waals surface area contributed by atoms with Gasteiger partial charge in [-0.25, -0.2) is 9.97 Å². The summed E-state index contributed by atoms with van der Waals surface area (Å²) in [5, 5.41) is 9.50. The number of anilines is 1. The number of alkyl halides is 3. The summed E-state index contributed by atoms with van der Waals surface area (Å²) in [6.45, 7) is 4.46. The lowest BCUT2D eigenvalue weighted by Gasteiger charge is -2.11. The van der Waals surface area contributed by atoms with Crippen LogP contribution < -0.4 is 5.32 Å². The Morgan fingerprint density at radius 3 is 2.70 bits per heavy atom. The first kappa shape index (κ1) is 17.3. The number of benzene rings is 1. The van der Waals surface area contributed by atoms with E-state index in [4.69, 9.17) is 0 Å². The number of aromatic amines is 1. The van der Waals surface area contributed by atoms with Gasteiger partial charge in [-0.05, 0) is 32.0 Å². The van der Waals surface area contributed by atoms with Gasteiger partial charge in [0.15, 0.2) is 11.5 Å². The summed E-state index contributed by atoms with van der Waals surface area (Å²) in [6.07, 6.45) is -4.50. The van der Waals surface area contributed by atoms with Crippen molar-refractivity contribution in [1.82, 2.24) is 24.7 Å². The monoisotopic (exact) mass is 374 g/mol. The van der Waals surface area contributed by atoms with Crippen LogP contribution in [0.1, 0.15) is 24.0 Å². The highest BCUT2D eigenvalue weighted by molar-refractivity contribution is 5.91. The standard InChI is InChI=1S/C18H17F3N6/c1-3-27-13-7-5-4-6-12(13)24-14(27)9-22-16-15-11(18(19,20)21)8-10(2)23-17(15)26-25-16/h4-8H,3,9H2,1-2H3,(H2,22,23,25,26). The number of H-pyrrole nitrogens is 1. The summed E-state index contributed by atoms with van der Waals surface area (Å²) in [4.78, 5) is 8.69. The van der Waals surface area contributed by atoms with E-state index in [1.165, 1.54) is 6.92 Å². The third kappa shape index (κ3) is 2.98. The van der Waals surface area contributed by atoms with Gasteiger partial charge in [0, 0.05) is 12.2 Å². The number of hydrogen-bond donors (Lipinski definition) is 2. The first-order valence-corrected chi connectivity index (χ1v) is 8.49. The predicted molar refractivity (Wildman–Crippen MR) is 96.4 cm³/mol. The molecule has 6 nitrogen and oxygen atoms in total. The highest BCUT2D eigenvalue weighted by atomic mass is 19.4. The molecule has 0 aliphatic heterocycles. The number of aromatic nitrogens is 5. The van der Waals surface area contributed by atoms with Gasteiger partial charge >= 0.3 is 6.18 Å². The number of halogens is 3. The molecule has 0 fully saturated rings. The fraction of sp³-hybridized carbons (Fsp3) is 0.278. The third-order valence-corrected chi connectivity index (χ3v) is 4.43. The molecule has 9 heteroatoms. The summed E-state index contributed by atoms with van der Waals surface area (Å²) < 4.78 is 42.4. The highest BCUT2D eigenvalue weighted by Crippen LogP contribution is 2.37. The van der Waals surface area contributed by atoms with Crippen molar-refractivity contribution in [3.05, 3.63) is 47.4 Å². The van der Waals surface area contributed by atoms with Crippen LogP contribution in [0.3, 0.4) is 0 Å². The molecule has 4 rings (SSSR count). The Hall–Kier alpha value is -3.10. The van der Waals surface area contributed by atoms with Crippen LogP contribution in [-0.4, -0.2) is 24.7 Å². The van der Waals surface area contributed by atoms with Crippen molar-refractivity contribution in [1.29, 1.82) is 0 Å². The lowest BCUT2D eigenvalue weighted by Crippen LogP contribution is -2.10. The number of hydrogen-bond acceptors (Lipinski definition) is 4. The molecule has 0 spiro atoms. The molecule has 0 saturated heterocycles. The molecule has 0 unspecified atom stereocenters. The Balaban J connectivity index is 1.73. The van der Waals surface area contributed by atoms with Crippen LogP contribution in [0.25, 0.3) is 22.1 Å². The minimum Gasteiger partial charge on any atom is -0.361 e. The zero-order valence-electron chi connectivity index (χ0n) is 14.7. The van der Waals surface area contributed by atoms with Gasteiger partial charge in [-0.3, -0.25) is 5.10 Å². The number of aryl methyl sites for hydroxylation is 2. The van der Waals surface area contributed by atoms with E-state index >= 15 is 0 Å². The number of fused-ring (bicyclic) bond motifs is 2. The summed E-state index contributed by atoms with van der Waals surface area (Å²) >= 11 is 0. The van der Waals surface area contributed by atoms with Crippen LogP contribution in [-0.2, 0) is 19.3 Å². The summed E-state index contributed by atoms with van der Waals surface area (Å²) in [7, 11) is 0. The van der Waals surface area contributed by atoms with Gasteiger partial charge in [0.2, 0.25) is 0 Å². The molecule has 0 bridgehead atoms. The molecule has 0 radical (unpaired) electrons. The maximum absolute atomic E-state index is 13.5. The van der Waals surface area contributed by atoms with Crippen molar-refractivity contribution in [2.75, 3.05) is 5.32 Å². The third-order valence-electron chi connectivity index (χ3n) is 4.43. The number of nitrogens with zero attached hydrogens (tertiary/aromatic N) is 4. The van der Waals surface area contributed by atoms with E-state index in [-0.39, 0.29) is 29.1 Å². The van der Waals surface area contributed by atoms with Crippen molar-refractivity contribution >= 4 is 27.9 Å². The lowest BCUT2D eigenvalue weighted by atomic mass is 10.1. The second kappa shape index (κ2) is 6.26. The highest BCUT2D eigenvalue weighted by Gasteiger charge is 2.35. The predicted octanol–water partition coefficient (Wildman–Crippen LogP) is 4.27. The first-order valence-electron chi connectivity index (χ1n) is 8.49. The fourth-order valence-corrected chi connectivity index (χ4v) is 3.29. The SMILES string of the molecule is CCn1c(CNc2n[nH]c3nc(C)cc(C(F)(F)F)c23)nc2ccccc21. The quantitative estimate of drug-likeness (QED) is 0.560. The molecule has 4 aromatic rings. The zero-order chi connectivity index (χ0) is 19.2. The lowest BCUT2D eigenvalue weighted by molar-refractivity contribution is -0.136. The largest absolute Gasteiger partial charge is 0.417 e. The molecule has 140 valence electrons. The normalized spacial score (nSPS) is 12.2. The molecule has 27 heavy (non-hydrogen) atoms. The molecule has 3 heterocycles. The average molecular weight is 374 g/mol. The maximum atomic E-state index is 13.5. The molecular formula is C18H17F3N6. The first-order chi connectivity index (χ1) is 12.9. The van der Waals surface area contributed by atoms with Gasteiger partial charge in [-0.15, -0.1) is 0 Å². The Bertz CT molecular complexity index is 1130. The van der Waals surface area contributed by atoms with Crippen LogP contribution in [0, 0.1) is 6.92 Å². The molecule has 0 aliphatic rings. The van der Waals surface area contributed by atoms with E-state index in [1.54, 1.807) is 0 Å². The Morgan fingerprint density at radius 2 is 1.96 bits per heavy atom. The van der Waals surface area contributed by atoms with Gasteiger partial charge in [-0.2, -0.15) is 18.3 Å². The Labute approximate surface area is 152 Å². The summed E-state index contributed by atoms with van der Waals surface area (Å²) in [5.74, 6) is 0.836. The Morgan fingerprint density at radius 1 is 1.19 bits per heavy atom. The molecule has 0 aliphatic carbocycles. The van der Waals surface area contributed by atoms with Crippen LogP contribution >= 0.6 is 0 Å². The average Bonchev–Trinajstić information content (AvgIpc) is 3.18. The van der Waals surface area contributed by atoms with Gasteiger partial charge in [0.25, 0.3) is 0 Å². The maximum Gasteiger partial charge on any atom is 0.417 e. The van der Waals surface area contributed by atoms with E-state index in [1.807, 2.05) is 35.8 Å². The van der Waals surface area contributed by atoms with Crippen LogP contribution in [0.4, 0.5) is 19.0 Å². The minimum atomic E-state index is -4.50. The second-order valence-corrected chi connectivity index (χ2v) is 6.22. The minimum absolute atomic E-state index is 0.0627. The van der Waals surface area contributed by atoms with E-state index in [9.17, 15) is 13.2 Å². The molecule has 0 saturated carbocycles. The van der Waals surface area contributed by atoms with Gasteiger partial charge in [0.1, 0.15) is 5.82 Å². The number of pyridine rings is 1. The smallest absolute Gasteiger partial charge is 0.361 e. The fourth-order valence-electron chi connectivity index (χ4n) is 3.29. The zero-order valence-corrected chi connectivity index (χ0v) is 14.7. The van der Waals surface area contributed by atoms with Crippen molar-refractivity contribution in [2.24, 2.45) is 0 Å². The molecule has 0 atom stereocenters. The molecular weight excluding hydrogens is 357 g/mol. The van der Waals surface area contributed by atoms with Gasteiger partial charge in [-0.1, -0.05) is 12.1 Å².